The van der Waals surface area contributed by atoms with Crippen LogP contribution in [-0.4, -0.2) is 22.0 Å². The van der Waals surface area contributed by atoms with E-state index in [-0.39, 0.29) is 22.6 Å². The molecule has 142 valence electrons. The zero-order valence-corrected chi connectivity index (χ0v) is 14.6. The molecule has 0 spiro atoms. The second-order valence-corrected chi connectivity index (χ2v) is 6.02. The van der Waals surface area contributed by atoms with Gasteiger partial charge in [-0.15, -0.1) is 0 Å². The molecule has 0 saturated carbocycles. The maximum Gasteiger partial charge on any atom is 0.249 e. The minimum atomic E-state index is -0.793. The van der Waals surface area contributed by atoms with Gasteiger partial charge < -0.3 is 32.3 Å². The number of nitrogens with two attached hydrogens (primary N) is 2. The highest BCUT2D eigenvalue weighted by Crippen LogP contribution is 2.32. The molecular formula is C20H18N4O4. The molecule has 3 aromatic rings. The molecule has 0 radical (unpaired) electrons. The number of primary amides is 2. The van der Waals surface area contributed by atoms with Crippen molar-refractivity contribution in [3.8, 4) is 11.5 Å². The van der Waals surface area contributed by atoms with Gasteiger partial charge in [0.15, 0.2) is 0 Å². The number of amides is 2. The fraction of sp³-hybridized carbons (Fsp3) is 0. The molecule has 8 N–H and O–H groups in total. The summed E-state index contributed by atoms with van der Waals surface area (Å²) in [6, 6.07) is 15.4. The Hall–Kier alpha value is -4.20. The van der Waals surface area contributed by atoms with E-state index >= 15 is 0 Å². The number of benzene rings is 3. The van der Waals surface area contributed by atoms with Crippen LogP contribution in [0.25, 0.3) is 0 Å². The molecule has 0 aliphatic heterocycles. The van der Waals surface area contributed by atoms with Crippen LogP contribution in [0.2, 0.25) is 0 Å². The molecule has 0 atom stereocenters. The molecule has 28 heavy (non-hydrogen) atoms. The van der Waals surface area contributed by atoms with Crippen molar-refractivity contribution in [1.29, 1.82) is 0 Å². The molecule has 0 saturated heterocycles. The third-order valence-corrected chi connectivity index (χ3v) is 3.98. The van der Waals surface area contributed by atoms with Crippen LogP contribution >= 0.6 is 0 Å². The maximum absolute atomic E-state index is 11.8. The lowest BCUT2D eigenvalue weighted by molar-refractivity contribution is 0.0967. The van der Waals surface area contributed by atoms with Gasteiger partial charge in [0, 0.05) is 11.4 Å². The second kappa shape index (κ2) is 7.58. The maximum atomic E-state index is 11.8. The van der Waals surface area contributed by atoms with E-state index in [1.54, 1.807) is 24.3 Å². The number of carbonyl (C=O) groups excluding carboxylic acids is 2. The average molecular weight is 378 g/mol. The van der Waals surface area contributed by atoms with Crippen molar-refractivity contribution in [3.05, 3.63) is 71.8 Å². The Morgan fingerprint density at radius 2 is 0.964 bits per heavy atom. The quantitative estimate of drug-likeness (QED) is 0.363. The van der Waals surface area contributed by atoms with Crippen LogP contribution in [-0.2, 0) is 0 Å². The molecule has 0 bridgehead atoms. The number of rotatable bonds is 6. The number of aromatic hydroxyl groups is 2. The molecular weight excluding hydrogens is 360 g/mol. The zero-order valence-electron chi connectivity index (χ0n) is 14.6. The Labute approximate surface area is 160 Å². The van der Waals surface area contributed by atoms with Crippen LogP contribution < -0.4 is 22.1 Å². The van der Waals surface area contributed by atoms with Crippen LogP contribution in [0.5, 0.6) is 11.5 Å². The predicted molar refractivity (Wildman–Crippen MR) is 106 cm³/mol. The second-order valence-electron chi connectivity index (χ2n) is 6.02. The summed E-state index contributed by atoms with van der Waals surface area (Å²) in [5.41, 5.74) is 12.9. The highest BCUT2D eigenvalue weighted by atomic mass is 16.3. The summed E-state index contributed by atoms with van der Waals surface area (Å²) < 4.78 is 0. The smallest absolute Gasteiger partial charge is 0.249 e. The molecule has 0 fully saturated rings. The topological polar surface area (TPSA) is 151 Å². The van der Waals surface area contributed by atoms with Gasteiger partial charge in [0.1, 0.15) is 11.5 Å². The van der Waals surface area contributed by atoms with Gasteiger partial charge in [-0.05, 0) is 60.7 Å². The Bertz CT molecular complexity index is 947. The lowest BCUT2D eigenvalue weighted by atomic mass is 10.0. The number of nitrogens with one attached hydrogen (secondary N) is 2. The minimum absolute atomic E-state index is 0.0231. The summed E-state index contributed by atoms with van der Waals surface area (Å²) in [6.45, 7) is 0. The lowest BCUT2D eigenvalue weighted by Crippen LogP contribution is -2.21. The van der Waals surface area contributed by atoms with Crippen LogP contribution in [0.15, 0.2) is 60.7 Å². The molecule has 8 heteroatoms. The van der Waals surface area contributed by atoms with E-state index in [0.29, 0.717) is 22.7 Å². The van der Waals surface area contributed by atoms with Crippen molar-refractivity contribution in [2.75, 3.05) is 10.6 Å². The number of phenolic OH excluding ortho intramolecular Hbond substituents is 2. The van der Waals surface area contributed by atoms with Gasteiger partial charge in [-0.1, -0.05) is 0 Å². The molecule has 8 nitrogen and oxygen atoms in total. The van der Waals surface area contributed by atoms with Crippen molar-refractivity contribution in [2.24, 2.45) is 11.5 Å². The minimum Gasteiger partial charge on any atom is -0.508 e. The predicted octanol–water partition coefficient (Wildman–Crippen LogP) is 2.78. The van der Waals surface area contributed by atoms with Gasteiger partial charge in [0.2, 0.25) is 11.8 Å². The fourth-order valence-corrected chi connectivity index (χ4v) is 2.61. The Morgan fingerprint density at radius 3 is 1.25 bits per heavy atom. The van der Waals surface area contributed by atoms with Crippen LogP contribution in [0.3, 0.4) is 0 Å². The molecule has 0 heterocycles. The number of anilines is 4. The average Bonchev–Trinajstić information content (AvgIpc) is 2.66. The molecule has 3 aromatic carbocycles. The van der Waals surface area contributed by atoms with Crippen molar-refractivity contribution in [2.45, 2.75) is 0 Å². The standard InChI is InChI=1S/C20H18N4O4/c21-19(27)15-9-17(23-11-1-5-13(25)6-2-11)18(10-16(15)20(22)28)24-12-3-7-14(26)8-4-12/h1-10,23-26H,(H2,21,27)(H2,22,28). The van der Waals surface area contributed by atoms with E-state index in [1.165, 1.54) is 36.4 Å². The van der Waals surface area contributed by atoms with Crippen LogP contribution in [0, 0.1) is 0 Å². The molecule has 2 amide bonds. The fourth-order valence-electron chi connectivity index (χ4n) is 2.61. The molecule has 0 unspecified atom stereocenters. The lowest BCUT2D eigenvalue weighted by Gasteiger charge is -2.17. The molecule has 0 aromatic heterocycles. The SMILES string of the molecule is NC(=O)c1cc(Nc2ccc(O)cc2)c(Nc2ccc(O)cc2)cc1C(N)=O. The summed E-state index contributed by atoms with van der Waals surface area (Å²) in [5, 5.41) is 25.1. The van der Waals surface area contributed by atoms with Crippen molar-refractivity contribution < 1.29 is 19.8 Å². The van der Waals surface area contributed by atoms with E-state index in [2.05, 4.69) is 10.6 Å². The van der Waals surface area contributed by atoms with E-state index < -0.39 is 11.8 Å². The summed E-state index contributed by atoms with van der Waals surface area (Å²) >= 11 is 0. The monoisotopic (exact) mass is 378 g/mol. The molecule has 3 rings (SSSR count). The highest BCUT2D eigenvalue weighted by Gasteiger charge is 2.18. The van der Waals surface area contributed by atoms with Crippen LogP contribution in [0.4, 0.5) is 22.7 Å². The van der Waals surface area contributed by atoms with Crippen LogP contribution in [0.1, 0.15) is 20.7 Å². The van der Waals surface area contributed by atoms with E-state index in [4.69, 9.17) is 11.5 Å². The first-order valence-electron chi connectivity index (χ1n) is 8.23. The van der Waals surface area contributed by atoms with Gasteiger partial charge in [-0.25, -0.2) is 0 Å². The normalized spacial score (nSPS) is 10.3. The summed E-state index contributed by atoms with van der Waals surface area (Å²) in [6.07, 6.45) is 0. The Balaban J connectivity index is 2.08. The Kier molecular flexibility index (Phi) is 5.03. The van der Waals surface area contributed by atoms with E-state index in [0.717, 1.165) is 0 Å². The molecule has 0 aliphatic rings. The van der Waals surface area contributed by atoms with Crippen molar-refractivity contribution in [1.82, 2.24) is 0 Å². The first-order valence-corrected chi connectivity index (χ1v) is 8.23. The largest absolute Gasteiger partial charge is 0.508 e. The number of hydrogen-bond donors (Lipinski definition) is 6. The number of hydrogen-bond acceptors (Lipinski definition) is 6. The van der Waals surface area contributed by atoms with Crippen molar-refractivity contribution in [3.63, 3.8) is 0 Å². The van der Waals surface area contributed by atoms with Crippen molar-refractivity contribution >= 4 is 34.6 Å². The zero-order chi connectivity index (χ0) is 20.3. The van der Waals surface area contributed by atoms with E-state index in [1.807, 2.05) is 0 Å². The number of carbonyl (C=O) groups is 2. The first-order chi connectivity index (χ1) is 13.3. The van der Waals surface area contributed by atoms with Gasteiger partial charge in [-0.2, -0.15) is 0 Å². The Morgan fingerprint density at radius 1 is 0.643 bits per heavy atom. The van der Waals surface area contributed by atoms with Gasteiger partial charge >= 0.3 is 0 Å². The van der Waals surface area contributed by atoms with Gasteiger partial charge in [0.05, 0.1) is 22.5 Å². The van der Waals surface area contributed by atoms with Gasteiger partial charge in [0.25, 0.3) is 0 Å². The third-order valence-electron chi connectivity index (χ3n) is 3.98. The van der Waals surface area contributed by atoms with E-state index in [9.17, 15) is 19.8 Å². The summed E-state index contributed by atoms with van der Waals surface area (Å²) in [5.74, 6) is -1.37. The van der Waals surface area contributed by atoms with Gasteiger partial charge in [-0.3, -0.25) is 9.59 Å². The first kappa shape index (κ1) is 18.6. The highest BCUT2D eigenvalue weighted by molar-refractivity contribution is 6.08. The number of phenols is 2. The molecule has 0 aliphatic carbocycles. The third kappa shape index (κ3) is 4.13. The summed E-state index contributed by atoms with van der Waals surface area (Å²) in [7, 11) is 0. The summed E-state index contributed by atoms with van der Waals surface area (Å²) in [4.78, 5) is 23.6.